The van der Waals surface area contributed by atoms with Crippen molar-refractivity contribution in [2.75, 3.05) is 0 Å². The summed E-state index contributed by atoms with van der Waals surface area (Å²) in [5.74, 6) is -0.790. The van der Waals surface area contributed by atoms with E-state index >= 15 is 0 Å². The number of fused-ring (bicyclic) bond motifs is 1. The van der Waals surface area contributed by atoms with Crippen LogP contribution in [0.15, 0.2) is 79.0 Å². The molecule has 1 N–H and O–H groups in total. The van der Waals surface area contributed by atoms with Crippen molar-refractivity contribution in [3.05, 3.63) is 90.6 Å². The van der Waals surface area contributed by atoms with E-state index in [9.17, 15) is 13.3 Å². The number of hydrogen-bond acceptors (Lipinski definition) is 1. The van der Waals surface area contributed by atoms with Crippen LogP contribution in [-0.4, -0.2) is 4.98 Å². The Kier molecular flexibility index (Phi) is 3.78. The number of halogens is 2. The number of H-pyrrole nitrogens is 1. The van der Waals surface area contributed by atoms with Crippen LogP contribution in [0.4, 0.5) is 8.78 Å². The smallest absolute Gasteiger partial charge is 0.173 e. The van der Waals surface area contributed by atoms with Crippen LogP contribution in [0.5, 0.6) is 0 Å². The van der Waals surface area contributed by atoms with E-state index in [2.05, 4.69) is 4.98 Å². The molecule has 1 aromatic heterocycles. The lowest BCUT2D eigenvalue weighted by Crippen LogP contribution is -2.24. The van der Waals surface area contributed by atoms with Gasteiger partial charge < -0.3 is 9.55 Å². The van der Waals surface area contributed by atoms with Crippen molar-refractivity contribution in [2.45, 2.75) is 0 Å². The molecule has 1 heterocycles. The van der Waals surface area contributed by atoms with Gasteiger partial charge >= 0.3 is 0 Å². The number of nitrogens with one attached hydrogen (secondary N) is 1. The van der Waals surface area contributed by atoms with Crippen LogP contribution in [0.25, 0.3) is 10.9 Å². The molecule has 2 nitrogen and oxygen atoms in total. The first kappa shape index (κ1) is 15.8. The quantitative estimate of drug-likeness (QED) is 0.553. The van der Waals surface area contributed by atoms with Crippen molar-refractivity contribution in [1.29, 1.82) is 0 Å². The van der Waals surface area contributed by atoms with Crippen LogP contribution in [0, 0.1) is 11.6 Å². The second-order valence-electron chi connectivity index (χ2n) is 5.78. The van der Waals surface area contributed by atoms with Crippen molar-refractivity contribution < 1.29 is 13.3 Å². The summed E-state index contributed by atoms with van der Waals surface area (Å²) in [7, 11) is -3.28. The number of rotatable bonds is 3. The van der Waals surface area contributed by atoms with E-state index in [1.807, 2.05) is 24.3 Å². The van der Waals surface area contributed by atoms with Crippen LogP contribution in [0.3, 0.4) is 0 Å². The Labute approximate surface area is 143 Å². The van der Waals surface area contributed by atoms with Crippen LogP contribution < -0.4 is 15.9 Å². The molecular formula is C20H14F2NOP. The fraction of sp³-hybridized carbons (Fsp3) is 0. The van der Waals surface area contributed by atoms with Gasteiger partial charge in [0, 0.05) is 33.0 Å². The van der Waals surface area contributed by atoms with Gasteiger partial charge in [0.25, 0.3) is 0 Å². The summed E-state index contributed by atoms with van der Waals surface area (Å²) in [5, 5.41) is 2.47. The lowest BCUT2D eigenvalue weighted by Gasteiger charge is -2.19. The third-order valence-electron chi connectivity index (χ3n) is 4.29. The molecule has 5 heteroatoms. The average Bonchev–Trinajstić information content (AvgIpc) is 3.07. The molecular weight excluding hydrogens is 339 g/mol. The highest BCUT2D eigenvalue weighted by atomic mass is 31.2. The normalized spacial score (nSPS) is 11.8. The van der Waals surface area contributed by atoms with Gasteiger partial charge in [0.05, 0.1) is 0 Å². The Balaban J connectivity index is 2.03. The Morgan fingerprint density at radius 2 is 1.24 bits per heavy atom. The first-order valence-electron chi connectivity index (χ1n) is 7.78. The maximum Gasteiger partial charge on any atom is 0.173 e. The number of benzene rings is 3. The second-order valence-corrected chi connectivity index (χ2v) is 8.51. The highest BCUT2D eigenvalue weighted by Gasteiger charge is 2.32. The summed E-state index contributed by atoms with van der Waals surface area (Å²) >= 11 is 0. The lowest BCUT2D eigenvalue weighted by molar-refractivity contribution is 0.592. The molecule has 0 amide bonds. The zero-order valence-electron chi connectivity index (χ0n) is 13.1. The summed E-state index contributed by atoms with van der Waals surface area (Å²) in [5.41, 5.74) is 0.863. The minimum absolute atomic E-state index is 0.395. The van der Waals surface area contributed by atoms with E-state index in [1.54, 1.807) is 6.20 Å². The van der Waals surface area contributed by atoms with Gasteiger partial charge in [-0.25, -0.2) is 8.78 Å². The van der Waals surface area contributed by atoms with Crippen LogP contribution in [0.1, 0.15) is 0 Å². The van der Waals surface area contributed by atoms with Gasteiger partial charge in [-0.2, -0.15) is 0 Å². The molecule has 4 aromatic rings. The van der Waals surface area contributed by atoms with E-state index in [4.69, 9.17) is 0 Å². The van der Waals surface area contributed by atoms with Crippen molar-refractivity contribution in [2.24, 2.45) is 0 Å². The predicted molar refractivity (Wildman–Crippen MR) is 97.6 cm³/mol. The van der Waals surface area contributed by atoms with Gasteiger partial charge in [-0.15, -0.1) is 0 Å². The molecule has 3 aromatic carbocycles. The molecule has 25 heavy (non-hydrogen) atoms. The summed E-state index contributed by atoms with van der Waals surface area (Å²) in [6.45, 7) is 0. The number of aromatic amines is 1. The maximum atomic E-state index is 14.3. The molecule has 0 atom stereocenters. The van der Waals surface area contributed by atoms with Crippen molar-refractivity contribution >= 4 is 34.0 Å². The Hall–Kier alpha value is -2.71. The van der Waals surface area contributed by atoms with Gasteiger partial charge in [-0.3, -0.25) is 0 Å². The number of hydrogen-bond donors (Lipinski definition) is 1. The SMILES string of the molecule is O=P(c1ccc(F)cc1)(c1ccc(F)cc1)c1c[nH]c2ccccc12. The van der Waals surface area contributed by atoms with E-state index in [0.717, 1.165) is 10.9 Å². The molecule has 0 bridgehead atoms. The molecule has 4 rings (SSSR count). The minimum Gasteiger partial charge on any atom is -0.360 e. The standard InChI is InChI=1S/C20H14F2NOP/c21-14-5-9-16(10-6-14)25(24,17-11-7-15(22)8-12-17)20-13-23-19-4-2-1-3-18(19)20/h1-13,23H. The minimum atomic E-state index is -3.28. The molecule has 0 aliphatic carbocycles. The van der Waals surface area contributed by atoms with Crippen LogP contribution in [0.2, 0.25) is 0 Å². The first-order chi connectivity index (χ1) is 12.1. The second kappa shape index (κ2) is 5.98. The zero-order chi connectivity index (χ0) is 17.4. The van der Waals surface area contributed by atoms with Gasteiger partial charge in [0.1, 0.15) is 11.6 Å². The van der Waals surface area contributed by atoms with Gasteiger partial charge in [-0.1, -0.05) is 18.2 Å². The third kappa shape index (κ3) is 2.59. The maximum absolute atomic E-state index is 14.3. The van der Waals surface area contributed by atoms with E-state index in [-0.39, 0.29) is 0 Å². The van der Waals surface area contributed by atoms with Crippen molar-refractivity contribution in [1.82, 2.24) is 4.98 Å². The summed E-state index contributed by atoms with van der Waals surface area (Å²) in [6.07, 6.45) is 1.72. The van der Waals surface area contributed by atoms with Crippen molar-refractivity contribution in [3.8, 4) is 0 Å². The fourth-order valence-corrected chi connectivity index (χ4v) is 5.82. The average molecular weight is 353 g/mol. The molecule has 0 saturated heterocycles. The lowest BCUT2D eigenvalue weighted by atomic mass is 10.2. The molecule has 0 fully saturated rings. The predicted octanol–water partition coefficient (Wildman–Crippen LogP) is 4.09. The monoisotopic (exact) mass is 353 g/mol. The molecule has 0 aliphatic rings. The molecule has 0 radical (unpaired) electrons. The van der Waals surface area contributed by atoms with Crippen LogP contribution in [-0.2, 0) is 4.57 Å². The molecule has 0 aliphatic heterocycles. The van der Waals surface area contributed by atoms with Crippen LogP contribution >= 0.6 is 7.14 Å². The van der Waals surface area contributed by atoms with E-state index in [1.165, 1.54) is 48.5 Å². The van der Waals surface area contributed by atoms with Crippen molar-refractivity contribution in [3.63, 3.8) is 0 Å². The van der Waals surface area contributed by atoms with E-state index < -0.39 is 18.8 Å². The summed E-state index contributed by atoms with van der Waals surface area (Å²) in [6, 6.07) is 18.8. The third-order valence-corrected chi connectivity index (χ3v) is 7.39. The topological polar surface area (TPSA) is 32.9 Å². The van der Waals surface area contributed by atoms with Gasteiger partial charge in [0.2, 0.25) is 0 Å². The van der Waals surface area contributed by atoms with Gasteiger partial charge in [0.15, 0.2) is 7.14 Å². The number of para-hydroxylation sites is 1. The molecule has 124 valence electrons. The Morgan fingerprint density at radius 1 is 0.720 bits per heavy atom. The van der Waals surface area contributed by atoms with Gasteiger partial charge in [-0.05, 0) is 54.6 Å². The highest BCUT2D eigenvalue weighted by Crippen LogP contribution is 2.44. The first-order valence-corrected chi connectivity index (χ1v) is 9.49. The highest BCUT2D eigenvalue weighted by molar-refractivity contribution is 7.85. The Morgan fingerprint density at radius 3 is 1.80 bits per heavy atom. The van der Waals surface area contributed by atoms with E-state index in [0.29, 0.717) is 15.9 Å². The number of aromatic nitrogens is 1. The largest absolute Gasteiger partial charge is 0.360 e. The zero-order valence-corrected chi connectivity index (χ0v) is 14.0. The summed E-state index contributed by atoms with van der Waals surface area (Å²) < 4.78 is 41.0. The fourth-order valence-electron chi connectivity index (χ4n) is 3.05. The molecule has 0 spiro atoms. The summed E-state index contributed by atoms with van der Waals surface area (Å²) in [4.78, 5) is 3.14. The molecule has 0 unspecified atom stereocenters. The Bertz CT molecular complexity index is 1040. The molecule has 0 saturated carbocycles.